The summed E-state index contributed by atoms with van der Waals surface area (Å²) in [6, 6.07) is 13.2. The number of carbonyl (C=O) groups is 1. The van der Waals surface area contributed by atoms with Crippen LogP contribution in [0.3, 0.4) is 0 Å². The molecule has 110 valence electrons. The normalized spacial score (nSPS) is 10.5. The second kappa shape index (κ2) is 6.74. The third-order valence-electron chi connectivity index (χ3n) is 3.22. The summed E-state index contributed by atoms with van der Waals surface area (Å²) in [6.45, 7) is 0.494. The van der Waals surface area contributed by atoms with Crippen LogP contribution in [-0.2, 0) is 11.3 Å². The molecule has 0 spiro atoms. The van der Waals surface area contributed by atoms with Crippen molar-refractivity contribution in [3.8, 4) is 11.1 Å². The first kappa shape index (κ1) is 15.5. The van der Waals surface area contributed by atoms with Crippen molar-refractivity contribution < 1.29 is 9.53 Å². The Morgan fingerprint density at radius 3 is 2.38 bits per heavy atom. The van der Waals surface area contributed by atoms with Gasteiger partial charge in [0, 0.05) is 31.8 Å². The highest BCUT2D eigenvalue weighted by molar-refractivity contribution is 6.30. The van der Waals surface area contributed by atoms with Gasteiger partial charge in [-0.3, -0.25) is 4.79 Å². The fourth-order valence-electron chi connectivity index (χ4n) is 2.15. The Morgan fingerprint density at radius 1 is 1.14 bits per heavy atom. The minimum absolute atomic E-state index is 0.0193. The van der Waals surface area contributed by atoms with E-state index in [1.165, 1.54) is 0 Å². The summed E-state index contributed by atoms with van der Waals surface area (Å²) in [5.74, 6) is -0.0193. The third-order valence-corrected chi connectivity index (χ3v) is 3.47. The Hall–Kier alpha value is -1.84. The summed E-state index contributed by atoms with van der Waals surface area (Å²) in [7, 11) is 5.14. The highest BCUT2D eigenvalue weighted by Gasteiger charge is 2.12. The lowest BCUT2D eigenvalue weighted by molar-refractivity contribution is 0.0827. The number of carbonyl (C=O) groups excluding carboxylic acids is 1. The van der Waals surface area contributed by atoms with Gasteiger partial charge in [-0.15, -0.1) is 0 Å². The number of hydrogen-bond donors (Lipinski definition) is 0. The van der Waals surface area contributed by atoms with Crippen LogP contribution in [0.1, 0.15) is 15.9 Å². The van der Waals surface area contributed by atoms with Gasteiger partial charge in [-0.1, -0.05) is 29.8 Å². The van der Waals surface area contributed by atoms with E-state index in [9.17, 15) is 4.79 Å². The maximum atomic E-state index is 12.1. The van der Waals surface area contributed by atoms with E-state index in [1.807, 2.05) is 42.5 Å². The third kappa shape index (κ3) is 3.63. The molecule has 0 bridgehead atoms. The van der Waals surface area contributed by atoms with Crippen molar-refractivity contribution in [2.45, 2.75) is 6.61 Å². The molecule has 0 unspecified atom stereocenters. The summed E-state index contributed by atoms with van der Waals surface area (Å²) in [4.78, 5) is 13.7. The highest BCUT2D eigenvalue weighted by atomic mass is 35.5. The average molecular weight is 304 g/mol. The average Bonchev–Trinajstić information content (AvgIpc) is 2.48. The first-order valence-corrected chi connectivity index (χ1v) is 7.00. The molecule has 0 fully saturated rings. The van der Waals surface area contributed by atoms with Crippen LogP contribution >= 0.6 is 11.6 Å². The quantitative estimate of drug-likeness (QED) is 0.858. The van der Waals surface area contributed by atoms with Crippen molar-refractivity contribution in [2.24, 2.45) is 0 Å². The molecule has 0 heterocycles. The molecule has 0 atom stereocenters. The lowest BCUT2D eigenvalue weighted by atomic mass is 9.97. The van der Waals surface area contributed by atoms with E-state index in [0.29, 0.717) is 17.2 Å². The van der Waals surface area contributed by atoms with Gasteiger partial charge < -0.3 is 9.64 Å². The molecule has 21 heavy (non-hydrogen) atoms. The molecule has 0 saturated carbocycles. The van der Waals surface area contributed by atoms with Gasteiger partial charge in [0.15, 0.2) is 0 Å². The van der Waals surface area contributed by atoms with Crippen molar-refractivity contribution in [3.05, 3.63) is 58.6 Å². The molecule has 3 nitrogen and oxygen atoms in total. The minimum Gasteiger partial charge on any atom is -0.380 e. The Morgan fingerprint density at radius 2 is 1.81 bits per heavy atom. The highest BCUT2D eigenvalue weighted by Crippen LogP contribution is 2.27. The largest absolute Gasteiger partial charge is 0.380 e. The fraction of sp³-hybridized carbons (Fsp3) is 0.235. The van der Waals surface area contributed by atoms with E-state index in [-0.39, 0.29) is 5.91 Å². The molecule has 0 aromatic heterocycles. The SMILES string of the molecule is COCc1ccc(C(=O)N(C)C)cc1-c1ccc(Cl)cc1. The number of nitrogens with zero attached hydrogens (tertiary/aromatic N) is 1. The van der Waals surface area contributed by atoms with Crippen molar-refractivity contribution in [2.75, 3.05) is 21.2 Å². The Kier molecular flexibility index (Phi) is 4.99. The Balaban J connectivity index is 2.51. The van der Waals surface area contributed by atoms with Crippen LogP contribution in [0, 0.1) is 0 Å². The van der Waals surface area contributed by atoms with E-state index >= 15 is 0 Å². The number of halogens is 1. The molecule has 2 aromatic rings. The molecule has 4 heteroatoms. The van der Waals surface area contributed by atoms with Crippen molar-refractivity contribution in [1.82, 2.24) is 4.90 Å². The number of methoxy groups -OCH3 is 1. The number of amides is 1. The van der Waals surface area contributed by atoms with E-state index in [1.54, 1.807) is 26.1 Å². The molecular formula is C17H18ClNO2. The van der Waals surface area contributed by atoms with Crippen molar-refractivity contribution in [1.29, 1.82) is 0 Å². The van der Waals surface area contributed by atoms with Crippen LogP contribution in [0.2, 0.25) is 5.02 Å². The maximum absolute atomic E-state index is 12.1. The van der Waals surface area contributed by atoms with Crippen LogP contribution < -0.4 is 0 Å². The molecular weight excluding hydrogens is 286 g/mol. The van der Waals surface area contributed by atoms with Gasteiger partial charge in [0.2, 0.25) is 0 Å². The lowest BCUT2D eigenvalue weighted by Crippen LogP contribution is -2.21. The molecule has 2 rings (SSSR count). The topological polar surface area (TPSA) is 29.5 Å². The summed E-state index contributed by atoms with van der Waals surface area (Å²) >= 11 is 5.94. The molecule has 0 aliphatic rings. The number of hydrogen-bond acceptors (Lipinski definition) is 2. The van der Waals surface area contributed by atoms with E-state index < -0.39 is 0 Å². The Labute approximate surface area is 130 Å². The van der Waals surface area contributed by atoms with Crippen molar-refractivity contribution >= 4 is 17.5 Å². The summed E-state index contributed by atoms with van der Waals surface area (Å²) < 4.78 is 5.24. The zero-order valence-electron chi connectivity index (χ0n) is 12.4. The second-order valence-electron chi connectivity index (χ2n) is 5.01. The fourth-order valence-corrected chi connectivity index (χ4v) is 2.27. The zero-order chi connectivity index (χ0) is 15.4. The smallest absolute Gasteiger partial charge is 0.253 e. The van der Waals surface area contributed by atoms with Crippen LogP contribution in [0.4, 0.5) is 0 Å². The first-order valence-electron chi connectivity index (χ1n) is 6.62. The van der Waals surface area contributed by atoms with E-state index in [4.69, 9.17) is 16.3 Å². The summed E-state index contributed by atoms with van der Waals surface area (Å²) in [5, 5.41) is 0.688. The summed E-state index contributed by atoms with van der Waals surface area (Å²) in [6.07, 6.45) is 0. The van der Waals surface area contributed by atoms with Gasteiger partial charge in [-0.25, -0.2) is 0 Å². The van der Waals surface area contributed by atoms with Crippen LogP contribution in [0.5, 0.6) is 0 Å². The van der Waals surface area contributed by atoms with Crippen LogP contribution in [0.15, 0.2) is 42.5 Å². The van der Waals surface area contributed by atoms with E-state index in [2.05, 4.69) is 0 Å². The van der Waals surface area contributed by atoms with Gasteiger partial charge in [0.25, 0.3) is 5.91 Å². The van der Waals surface area contributed by atoms with Crippen molar-refractivity contribution in [3.63, 3.8) is 0 Å². The number of ether oxygens (including phenoxy) is 1. The standard InChI is InChI=1S/C17H18ClNO2/c1-19(2)17(20)13-4-5-14(11-21-3)16(10-13)12-6-8-15(18)9-7-12/h4-10H,11H2,1-3H3. The predicted octanol–water partition coefficient (Wildman–Crippen LogP) is 3.86. The monoisotopic (exact) mass is 303 g/mol. The van der Waals surface area contributed by atoms with Gasteiger partial charge in [-0.05, 0) is 41.0 Å². The number of benzene rings is 2. The van der Waals surface area contributed by atoms with Crippen LogP contribution in [-0.4, -0.2) is 32.0 Å². The molecule has 0 radical (unpaired) electrons. The van der Waals surface area contributed by atoms with Gasteiger partial charge in [-0.2, -0.15) is 0 Å². The molecule has 0 aliphatic heterocycles. The molecule has 2 aromatic carbocycles. The minimum atomic E-state index is -0.0193. The molecule has 1 amide bonds. The summed E-state index contributed by atoms with van der Waals surface area (Å²) in [5.41, 5.74) is 3.70. The van der Waals surface area contributed by atoms with Crippen LogP contribution in [0.25, 0.3) is 11.1 Å². The van der Waals surface area contributed by atoms with Gasteiger partial charge >= 0.3 is 0 Å². The van der Waals surface area contributed by atoms with E-state index in [0.717, 1.165) is 16.7 Å². The molecule has 0 saturated heterocycles. The predicted molar refractivity (Wildman–Crippen MR) is 85.6 cm³/mol. The Bertz CT molecular complexity index is 636. The number of rotatable bonds is 4. The van der Waals surface area contributed by atoms with Gasteiger partial charge in [0.1, 0.15) is 0 Å². The maximum Gasteiger partial charge on any atom is 0.253 e. The zero-order valence-corrected chi connectivity index (χ0v) is 13.1. The second-order valence-corrected chi connectivity index (χ2v) is 5.45. The molecule has 0 N–H and O–H groups in total. The first-order chi connectivity index (χ1) is 10.0. The van der Waals surface area contributed by atoms with Gasteiger partial charge in [0.05, 0.1) is 6.61 Å². The lowest BCUT2D eigenvalue weighted by Gasteiger charge is -2.14. The molecule has 0 aliphatic carbocycles.